The van der Waals surface area contributed by atoms with Crippen molar-refractivity contribution in [3.8, 4) is 5.69 Å². The van der Waals surface area contributed by atoms with E-state index < -0.39 is 0 Å². The lowest BCUT2D eigenvalue weighted by atomic mass is 10.2. The Labute approximate surface area is 148 Å². The van der Waals surface area contributed by atoms with Crippen LogP contribution in [-0.4, -0.2) is 57.7 Å². The molecule has 1 aromatic carbocycles. The van der Waals surface area contributed by atoms with Gasteiger partial charge in [-0.3, -0.25) is 9.69 Å². The van der Waals surface area contributed by atoms with E-state index in [4.69, 9.17) is 0 Å². The number of hydrogen-bond acceptors (Lipinski definition) is 4. The fraction of sp³-hybridized carbons (Fsp3) is 0.474. The molecule has 1 aliphatic rings. The van der Waals surface area contributed by atoms with Gasteiger partial charge in [0.1, 0.15) is 0 Å². The average Bonchev–Trinajstić information content (AvgIpc) is 3.33. The number of unbranched alkanes of at least 4 members (excludes halogenated alkanes) is 1. The van der Waals surface area contributed by atoms with Gasteiger partial charge in [-0.25, -0.2) is 4.98 Å². The summed E-state index contributed by atoms with van der Waals surface area (Å²) >= 11 is 0. The molecule has 3 rings (SSSR count). The molecule has 25 heavy (non-hydrogen) atoms. The molecule has 1 fully saturated rings. The zero-order valence-electron chi connectivity index (χ0n) is 14.5. The smallest absolute Gasteiger partial charge is 0.251 e. The number of aliphatic hydroxyl groups is 1. The molecule has 0 spiro atoms. The zero-order valence-corrected chi connectivity index (χ0v) is 14.5. The van der Waals surface area contributed by atoms with Gasteiger partial charge in [0.15, 0.2) is 0 Å². The summed E-state index contributed by atoms with van der Waals surface area (Å²) in [4.78, 5) is 18.7. The van der Waals surface area contributed by atoms with Crippen LogP contribution in [0.1, 0.15) is 36.0 Å². The highest BCUT2D eigenvalue weighted by Crippen LogP contribution is 2.17. The first kappa shape index (κ1) is 17.6. The number of likely N-dealkylation sites (tertiary alicyclic amines) is 1. The Morgan fingerprint density at radius 3 is 3.08 bits per heavy atom. The van der Waals surface area contributed by atoms with Crippen molar-refractivity contribution in [2.45, 2.75) is 31.7 Å². The predicted octanol–water partition coefficient (Wildman–Crippen LogP) is 1.84. The Morgan fingerprint density at radius 2 is 2.28 bits per heavy atom. The van der Waals surface area contributed by atoms with Crippen LogP contribution in [0.5, 0.6) is 0 Å². The maximum atomic E-state index is 12.3. The fourth-order valence-corrected chi connectivity index (χ4v) is 3.36. The van der Waals surface area contributed by atoms with Crippen LogP contribution in [0, 0.1) is 0 Å². The van der Waals surface area contributed by atoms with Crippen molar-refractivity contribution in [1.82, 2.24) is 19.8 Å². The van der Waals surface area contributed by atoms with Gasteiger partial charge < -0.3 is 15.0 Å². The highest BCUT2D eigenvalue weighted by molar-refractivity contribution is 5.94. The van der Waals surface area contributed by atoms with Crippen LogP contribution in [-0.2, 0) is 0 Å². The summed E-state index contributed by atoms with van der Waals surface area (Å²) in [5.74, 6) is -0.0450. The van der Waals surface area contributed by atoms with Gasteiger partial charge >= 0.3 is 0 Å². The number of carbonyl (C=O) groups excluding carboxylic acids is 1. The third-order valence-electron chi connectivity index (χ3n) is 4.78. The molecule has 1 amide bonds. The molecule has 1 aromatic heterocycles. The van der Waals surface area contributed by atoms with E-state index in [9.17, 15) is 9.90 Å². The third-order valence-corrected chi connectivity index (χ3v) is 4.78. The van der Waals surface area contributed by atoms with E-state index in [0.29, 0.717) is 18.2 Å². The molecule has 0 aliphatic carbocycles. The van der Waals surface area contributed by atoms with Crippen molar-refractivity contribution in [3.05, 3.63) is 48.5 Å². The van der Waals surface area contributed by atoms with E-state index in [1.807, 2.05) is 35.0 Å². The fourth-order valence-electron chi connectivity index (χ4n) is 3.36. The largest absolute Gasteiger partial charge is 0.395 e. The highest BCUT2D eigenvalue weighted by atomic mass is 16.3. The van der Waals surface area contributed by atoms with Crippen molar-refractivity contribution in [2.24, 2.45) is 0 Å². The summed E-state index contributed by atoms with van der Waals surface area (Å²) in [6.07, 6.45) is 9.54. The lowest BCUT2D eigenvalue weighted by Crippen LogP contribution is -2.33. The Hall–Kier alpha value is -2.18. The number of nitrogens with zero attached hydrogens (tertiary/aromatic N) is 3. The van der Waals surface area contributed by atoms with Gasteiger partial charge in [0, 0.05) is 36.2 Å². The Bertz CT molecular complexity index is 672. The summed E-state index contributed by atoms with van der Waals surface area (Å²) in [5, 5.41) is 12.3. The molecule has 1 atom stereocenters. The second kappa shape index (κ2) is 8.78. The molecule has 134 valence electrons. The van der Waals surface area contributed by atoms with Gasteiger partial charge in [-0.1, -0.05) is 6.07 Å². The van der Waals surface area contributed by atoms with E-state index >= 15 is 0 Å². The molecule has 0 radical (unpaired) electrons. The van der Waals surface area contributed by atoms with Crippen molar-refractivity contribution >= 4 is 5.91 Å². The number of imidazole rings is 1. The standard InChI is InChI=1S/C19H26N4O2/c24-14-18-7-4-11-22(18)10-2-1-8-21-19(25)16-5-3-6-17(13-16)23-12-9-20-15-23/h3,5-6,9,12-13,15,18,24H,1-2,4,7-8,10-11,14H2,(H,21,25). The molecule has 2 N–H and O–H groups in total. The Balaban J connectivity index is 1.41. The number of aliphatic hydroxyl groups excluding tert-OH is 1. The van der Waals surface area contributed by atoms with E-state index in [1.165, 1.54) is 6.42 Å². The van der Waals surface area contributed by atoms with Gasteiger partial charge in [0.2, 0.25) is 0 Å². The van der Waals surface area contributed by atoms with Crippen molar-refractivity contribution in [2.75, 3.05) is 26.2 Å². The van der Waals surface area contributed by atoms with Crippen LogP contribution in [0.4, 0.5) is 0 Å². The van der Waals surface area contributed by atoms with Crippen LogP contribution in [0.3, 0.4) is 0 Å². The summed E-state index contributed by atoms with van der Waals surface area (Å²) in [5.41, 5.74) is 1.58. The molecule has 1 aliphatic heterocycles. The molecule has 1 saturated heterocycles. The first-order valence-corrected chi connectivity index (χ1v) is 8.99. The van der Waals surface area contributed by atoms with Gasteiger partial charge in [-0.15, -0.1) is 0 Å². The number of rotatable bonds is 8. The van der Waals surface area contributed by atoms with Crippen LogP contribution >= 0.6 is 0 Å². The maximum Gasteiger partial charge on any atom is 0.251 e. The van der Waals surface area contributed by atoms with E-state index in [2.05, 4.69) is 15.2 Å². The number of benzene rings is 1. The number of amides is 1. The second-order valence-electron chi connectivity index (χ2n) is 6.50. The van der Waals surface area contributed by atoms with Crippen LogP contribution < -0.4 is 5.32 Å². The number of hydrogen-bond donors (Lipinski definition) is 2. The molecule has 2 aromatic rings. The summed E-state index contributed by atoms with van der Waals surface area (Å²) < 4.78 is 1.88. The van der Waals surface area contributed by atoms with E-state index in [-0.39, 0.29) is 12.5 Å². The summed E-state index contributed by atoms with van der Waals surface area (Å²) in [7, 11) is 0. The predicted molar refractivity (Wildman–Crippen MR) is 96.8 cm³/mol. The minimum atomic E-state index is -0.0450. The van der Waals surface area contributed by atoms with Crippen molar-refractivity contribution < 1.29 is 9.90 Å². The second-order valence-corrected chi connectivity index (χ2v) is 6.50. The SMILES string of the molecule is O=C(NCCCCN1CCCC1CO)c1cccc(-n2ccnc2)c1. The minimum absolute atomic E-state index is 0.0450. The van der Waals surface area contributed by atoms with Crippen molar-refractivity contribution in [3.63, 3.8) is 0 Å². The van der Waals surface area contributed by atoms with Crippen LogP contribution in [0.2, 0.25) is 0 Å². The molecule has 0 bridgehead atoms. The van der Waals surface area contributed by atoms with Crippen molar-refractivity contribution in [1.29, 1.82) is 0 Å². The lowest BCUT2D eigenvalue weighted by Gasteiger charge is -2.22. The van der Waals surface area contributed by atoms with Gasteiger partial charge in [0.05, 0.1) is 12.9 Å². The molecule has 6 nitrogen and oxygen atoms in total. The van der Waals surface area contributed by atoms with Gasteiger partial charge in [0.25, 0.3) is 5.91 Å². The summed E-state index contributed by atoms with van der Waals surface area (Å²) in [6.45, 7) is 3.01. The topological polar surface area (TPSA) is 70.4 Å². The Morgan fingerprint density at radius 1 is 1.36 bits per heavy atom. The summed E-state index contributed by atoms with van der Waals surface area (Å²) in [6, 6.07) is 7.86. The molecule has 1 unspecified atom stereocenters. The monoisotopic (exact) mass is 342 g/mol. The molecular formula is C19H26N4O2. The normalized spacial score (nSPS) is 17.7. The molecule has 0 saturated carbocycles. The molecule has 6 heteroatoms. The quantitative estimate of drug-likeness (QED) is 0.718. The molecular weight excluding hydrogens is 316 g/mol. The van der Waals surface area contributed by atoms with E-state index in [1.54, 1.807) is 12.5 Å². The molecule has 2 heterocycles. The first-order chi connectivity index (χ1) is 12.3. The highest BCUT2D eigenvalue weighted by Gasteiger charge is 2.22. The van der Waals surface area contributed by atoms with Gasteiger partial charge in [-0.05, 0) is 57.0 Å². The zero-order chi connectivity index (χ0) is 17.5. The first-order valence-electron chi connectivity index (χ1n) is 8.99. The third kappa shape index (κ3) is 4.67. The van der Waals surface area contributed by atoms with Crippen LogP contribution in [0.25, 0.3) is 5.69 Å². The Kier molecular flexibility index (Phi) is 6.19. The van der Waals surface area contributed by atoms with Gasteiger partial charge in [-0.2, -0.15) is 0 Å². The maximum absolute atomic E-state index is 12.3. The minimum Gasteiger partial charge on any atom is -0.395 e. The number of aromatic nitrogens is 2. The average molecular weight is 342 g/mol. The number of carbonyl (C=O) groups is 1. The van der Waals surface area contributed by atoms with Crippen LogP contribution in [0.15, 0.2) is 43.0 Å². The lowest BCUT2D eigenvalue weighted by molar-refractivity contribution is 0.0952. The number of nitrogens with one attached hydrogen (secondary N) is 1. The van der Waals surface area contributed by atoms with E-state index in [0.717, 1.165) is 38.0 Å².